The standard InChI is InChI=1S/C18H25NO5/c1-18(2,3)24-17(21)19-15(16(20)22-4)11-8-12-23-13-14-9-6-5-7-10-14/h5-7,9-11H,8,12-13H2,1-4H3,(H,19,21)/b15-11+. The average molecular weight is 335 g/mol. The largest absolute Gasteiger partial charge is 0.464 e. The first kappa shape index (κ1) is 19.7. The lowest BCUT2D eigenvalue weighted by atomic mass is 10.2. The lowest BCUT2D eigenvalue weighted by Gasteiger charge is -2.20. The van der Waals surface area contributed by atoms with Gasteiger partial charge in [-0.3, -0.25) is 5.32 Å². The van der Waals surface area contributed by atoms with Crippen LogP contribution in [0, 0.1) is 0 Å². The van der Waals surface area contributed by atoms with Crippen LogP contribution >= 0.6 is 0 Å². The van der Waals surface area contributed by atoms with Gasteiger partial charge in [-0.2, -0.15) is 0 Å². The number of nitrogens with one attached hydrogen (secondary N) is 1. The highest BCUT2D eigenvalue weighted by atomic mass is 16.6. The van der Waals surface area contributed by atoms with Crippen molar-refractivity contribution in [2.45, 2.75) is 39.4 Å². The summed E-state index contributed by atoms with van der Waals surface area (Å²) < 4.78 is 15.3. The Balaban J connectivity index is 2.47. The van der Waals surface area contributed by atoms with Gasteiger partial charge < -0.3 is 14.2 Å². The number of hydrogen-bond acceptors (Lipinski definition) is 5. The summed E-state index contributed by atoms with van der Waals surface area (Å²) in [4.78, 5) is 23.4. The monoisotopic (exact) mass is 335 g/mol. The summed E-state index contributed by atoms with van der Waals surface area (Å²) in [5, 5.41) is 2.40. The first-order chi connectivity index (χ1) is 11.3. The fourth-order valence-corrected chi connectivity index (χ4v) is 1.76. The molecule has 0 aliphatic rings. The van der Waals surface area contributed by atoms with Crippen molar-refractivity contribution in [1.82, 2.24) is 5.32 Å². The maximum Gasteiger partial charge on any atom is 0.412 e. The first-order valence-electron chi connectivity index (χ1n) is 7.72. The highest BCUT2D eigenvalue weighted by molar-refractivity contribution is 5.92. The van der Waals surface area contributed by atoms with E-state index < -0.39 is 17.7 Å². The molecular formula is C18H25NO5. The summed E-state index contributed by atoms with van der Waals surface area (Å²) in [5.41, 5.74) is 0.459. The summed E-state index contributed by atoms with van der Waals surface area (Å²) >= 11 is 0. The second-order valence-corrected chi connectivity index (χ2v) is 6.06. The molecule has 1 amide bonds. The topological polar surface area (TPSA) is 73.9 Å². The van der Waals surface area contributed by atoms with Crippen LogP contribution in [0.15, 0.2) is 42.1 Å². The number of alkyl carbamates (subject to hydrolysis) is 1. The lowest BCUT2D eigenvalue weighted by molar-refractivity contribution is -0.136. The average Bonchev–Trinajstić information content (AvgIpc) is 2.52. The lowest BCUT2D eigenvalue weighted by Crippen LogP contribution is -2.34. The zero-order valence-corrected chi connectivity index (χ0v) is 14.6. The normalized spacial score (nSPS) is 11.8. The van der Waals surface area contributed by atoms with Crippen molar-refractivity contribution in [1.29, 1.82) is 0 Å². The first-order valence-corrected chi connectivity index (χ1v) is 7.72. The number of methoxy groups -OCH3 is 1. The maximum atomic E-state index is 11.8. The van der Waals surface area contributed by atoms with Crippen LogP contribution in [-0.4, -0.2) is 31.4 Å². The van der Waals surface area contributed by atoms with Gasteiger partial charge in [-0.1, -0.05) is 36.4 Å². The van der Waals surface area contributed by atoms with Gasteiger partial charge in [0.1, 0.15) is 11.3 Å². The predicted molar refractivity (Wildman–Crippen MR) is 90.2 cm³/mol. The molecule has 0 fully saturated rings. The van der Waals surface area contributed by atoms with E-state index >= 15 is 0 Å². The molecular weight excluding hydrogens is 310 g/mol. The third kappa shape index (κ3) is 8.33. The van der Waals surface area contributed by atoms with Crippen molar-refractivity contribution >= 4 is 12.1 Å². The molecule has 0 aliphatic carbocycles. The Labute approximate surface area is 142 Å². The Hall–Kier alpha value is -2.34. The summed E-state index contributed by atoms with van der Waals surface area (Å²) in [6, 6.07) is 9.77. The van der Waals surface area contributed by atoms with Crippen LogP contribution in [0.4, 0.5) is 4.79 Å². The molecule has 24 heavy (non-hydrogen) atoms. The van der Waals surface area contributed by atoms with Crippen LogP contribution in [-0.2, 0) is 25.6 Å². The van der Waals surface area contributed by atoms with Gasteiger partial charge in [0.2, 0.25) is 0 Å². The Morgan fingerprint density at radius 3 is 2.42 bits per heavy atom. The third-order valence-electron chi connectivity index (χ3n) is 2.76. The SMILES string of the molecule is COC(=O)/C(=C\CCOCc1ccccc1)NC(=O)OC(C)(C)C. The molecule has 1 rings (SSSR count). The highest BCUT2D eigenvalue weighted by Crippen LogP contribution is 2.08. The van der Waals surface area contributed by atoms with Crippen molar-refractivity contribution in [2.24, 2.45) is 0 Å². The molecule has 0 saturated heterocycles. The Morgan fingerprint density at radius 1 is 1.17 bits per heavy atom. The molecule has 6 heteroatoms. The van der Waals surface area contributed by atoms with Gasteiger partial charge in [-0.25, -0.2) is 9.59 Å². The third-order valence-corrected chi connectivity index (χ3v) is 2.76. The molecule has 0 atom stereocenters. The van der Waals surface area contributed by atoms with Crippen molar-refractivity contribution in [3.05, 3.63) is 47.7 Å². The van der Waals surface area contributed by atoms with Crippen LogP contribution in [0.25, 0.3) is 0 Å². The number of benzene rings is 1. The molecule has 0 heterocycles. The van der Waals surface area contributed by atoms with Gasteiger partial charge in [0.25, 0.3) is 0 Å². The molecule has 0 bridgehead atoms. The Bertz CT molecular complexity index is 561. The Morgan fingerprint density at radius 2 is 1.83 bits per heavy atom. The predicted octanol–water partition coefficient (Wildman–Crippen LogP) is 3.17. The van der Waals surface area contributed by atoms with E-state index in [1.165, 1.54) is 7.11 Å². The highest BCUT2D eigenvalue weighted by Gasteiger charge is 2.19. The molecule has 0 aliphatic heterocycles. The van der Waals surface area contributed by atoms with Gasteiger partial charge in [0, 0.05) is 0 Å². The summed E-state index contributed by atoms with van der Waals surface area (Å²) in [6.45, 7) is 6.12. The summed E-state index contributed by atoms with van der Waals surface area (Å²) in [7, 11) is 1.25. The van der Waals surface area contributed by atoms with E-state index in [1.54, 1.807) is 26.8 Å². The van der Waals surface area contributed by atoms with Crippen molar-refractivity contribution < 1.29 is 23.8 Å². The molecule has 132 valence electrons. The molecule has 1 aromatic rings. The van der Waals surface area contributed by atoms with Gasteiger partial charge in [0.15, 0.2) is 0 Å². The molecule has 0 aromatic heterocycles. The van der Waals surface area contributed by atoms with Crippen LogP contribution in [0.1, 0.15) is 32.8 Å². The molecule has 0 saturated carbocycles. The minimum Gasteiger partial charge on any atom is -0.464 e. The molecule has 1 N–H and O–H groups in total. The van der Waals surface area contributed by atoms with Gasteiger partial charge in [-0.15, -0.1) is 0 Å². The van der Waals surface area contributed by atoms with E-state index in [4.69, 9.17) is 9.47 Å². The van der Waals surface area contributed by atoms with E-state index in [0.717, 1.165) is 5.56 Å². The number of rotatable bonds is 7. The zero-order chi connectivity index (χ0) is 18.0. The zero-order valence-electron chi connectivity index (χ0n) is 14.6. The summed E-state index contributed by atoms with van der Waals surface area (Å²) in [5.74, 6) is -0.635. The molecule has 1 aromatic carbocycles. The fourth-order valence-electron chi connectivity index (χ4n) is 1.76. The number of carbonyl (C=O) groups excluding carboxylic acids is 2. The van der Waals surface area contributed by atoms with Gasteiger partial charge in [0.05, 0.1) is 20.3 Å². The quantitative estimate of drug-likeness (QED) is 0.471. The second-order valence-electron chi connectivity index (χ2n) is 6.06. The van der Waals surface area contributed by atoms with Crippen molar-refractivity contribution in [3.63, 3.8) is 0 Å². The van der Waals surface area contributed by atoms with Crippen LogP contribution in [0.2, 0.25) is 0 Å². The maximum absolute atomic E-state index is 11.8. The van der Waals surface area contributed by atoms with Gasteiger partial charge >= 0.3 is 12.1 Å². The molecule has 0 radical (unpaired) electrons. The number of carbonyl (C=O) groups is 2. The fraction of sp³-hybridized carbons (Fsp3) is 0.444. The van der Waals surface area contributed by atoms with Crippen LogP contribution in [0.5, 0.6) is 0 Å². The van der Waals surface area contributed by atoms with E-state index in [1.807, 2.05) is 30.3 Å². The van der Waals surface area contributed by atoms with E-state index in [9.17, 15) is 9.59 Å². The van der Waals surface area contributed by atoms with E-state index in [0.29, 0.717) is 19.6 Å². The van der Waals surface area contributed by atoms with Crippen LogP contribution in [0.3, 0.4) is 0 Å². The Kier molecular flexibility index (Phi) is 7.98. The van der Waals surface area contributed by atoms with Gasteiger partial charge in [-0.05, 0) is 32.8 Å². The number of amides is 1. The molecule has 0 spiro atoms. The molecule has 0 unspecified atom stereocenters. The smallest absolute Gasteiger partial charge is 0.412 e. The summed E-state index contributed by atoms with van der Waals surface area (Å²) in [6.07, 6.45) is 1.30. The number of ether oxygens (including phenoxy) is 3. The van der Waals surface area contributed by atoms with Crippen molar-refractivity contribution in [2.75, 3.05) is 13.7 Å². The second kappa shape index (κ2) is 9.72. The van der Waals surface area contributed by atoms with E-state index in [-0.39, 0.29) is 5.70 Å². The van der Waals surface area contributed by atoms with Crippen LogP contribution < -0.4 is 5.32 Å². The number of esters is 1. The minimum atomic E-state index is -0.704. The minimum absolute atomic E-state index is 0.0371. The molecule has 6 nitrogen and oxygen atoms in total. The van der Waals surface area contributed by atoms with E-state index in [2.05, 4.69) is 10.1 Å². The van der Waals surface area contributed by atoms with Crippen molar-refractivity contribution in [3.8, 4) is 0 Å². The number of hydrogen-bond donors (Lipinski definition) is 1.